The second-order valence-electron chi connectivity index (χ2n) is 5.74. The number of H-pyrrole nitrogens is 1. The topological polar surface area (TPSA) is 78.0 Å². The summed E-state index contributed by atoms with van der Waals surface area (Å²) in [6, 6.07) is 0. The summed E-state index contributed by atoms with van der Waals surface area (Å²) in [5, 5.41) is 13.3. The Morgan fingerprint density at radius 3 is 2.85 bits per heavy atom. The minimum absolute atomic E-state index is 0.0584. The van der Waals surface area contributed by atoms with Gasteiger partial charge in [0.15, 0.2) is 0 Å². The van der Waals surface area contributed by atoms with E-state index in [1.807, 2.05) is 13.8 Å². The average molecular weight is 293 g/mol. The summed E-state index contributed by atoms with van der Waals surface area (Å²) in [7, 11) is 0. The quantitative estimate of drug-likeness (QED) is 0.780. The van der Waals surface area contributed by atoms with Gasteiger partial charge in [-0.3, -0.25) is 4.79 Å². The van der Waals surface area contributed by atoms with E-state index in [1.54, 1.807) is 11.3 Å². The van der Waals surface area contributed by atoms with E-state index < -0.39 is 0 Å². The molecule has 0 bridgehead atoms. The Kier molecular flexibility index (Phi) is 3.40. The molecule has 0 amide bonds. The van der Waals surface area contributed by atoms with E-state index in [2.05, 4.69) is 15.3 Å². The maximum Gasteiger partial charge on any atom is 0.259 e. The van der Waals surface area contributed by atoms with Crippen molar-refractivity contribution in [3.63, 3.8) is 0 Å². The third kappa shape index (κ3) is 2.39. The molecule has 0 aromatic carbocycles. The van der Waals surface area contributed by atoms with Crippen LogP contribution in [0, 0.1) is 19.3 Å². The molecule has 3 rings (SSSR count). The molecule has 2 aromatic rings. The van der Waals surface area contributed by atoms with E-state index in [0.717, 1.165) is 34.7 Å². The van der Waals surface area contributed by atoms with E-state index in [0.29, 0.717) is 17.8 Å². The number of rotatable bonds is 5. The molecule has 3 N–H and O–H groups in total. The highest BCUT2D eigenvalue weighted by Crippen LogP contribution is 2.44. The number of hydrogen-bond donors (Lipinski definition) is 3. The lowest BCUT2D eigenvalue weighted by Gasteiger charge is -2.12. The number of aryl methyl sites for hydroxylation is 2. The first kappa shape index (κ1) is 13.7. The predicted octanol–water partition coefficient (Wildman–Crippen LogP) is 1.46. The molecule has 6 heteroatoms. The van der Waals surface area contributed by atoms with Gasteiger partial charge in [0.2, 0.25) is 0 Å². The molecule has 2 aromatic heterocycles. The highest BCUT2D eigenvalue weighted by atomic mass is 32.1. The normalized spacial score (nSPS) is 16.8. The lowest BCUT2D eigenvalue weighted by Crippen LogP contribution is -2.27. The molecule has 2 heterocycles. The zero-order valence-corrected chi connectivity index (χ0v) is 12.6. The Bertz CT molecular complexity index is 700. The lowest BCUT2D eigenvalue weighted by atomic mass is 10.1. The average Bonchev–Trinajstić information content (AvgIpc) is 3.12. The molecule has 1 aliphatic carbocycles. The summed E-state index contributed by atoms with van der Waals surface area (Å²) in [5.74, 6) is 0.664. The Hall–Kier alpha value is -1.24. The van der Waals surface area contributed by atoms with Gasteiger partial charge < -0.3 is 15.4 Å². The number of hydrogen-bond acceptors (Lipinski definition) is 5. The van der Waals surface area contributed by atoms with Crippen LogP contribution < -0.4 is 10.9 Å². The van der Waals surface area contributed by atoms with Gasteiger partial charge in [0.05, 0.1) is 11.9 Å². The summed E-state index contributed by atoms with van der Waals surface area (Å²) in [6.07, 6.45) is 2.14. The molecule has 108 valence electrons. The monoisotopic (exact) mass is 293 g/mol. The van der Waals surface area contributed by atoms with Crippen molar-refractivity contribution >= 4 is 21.6 Å². The molecule has 0 radical (unpaired) electrons. The molecule has 1 aliphatic rings. The standard InChI is InChI=1S/C14H19N3O2S/c1-8-9(2)20-13-11(8)12(19)16-10(17-13)5-15-6-14(7-18)3-4-14/h15,18H,3-7H2,1-2H3,(H,16,17,19). The van der Waals surface area contributed by atoms with E-state index in [9.17, 15) is 9.90 Å². The van der Waals surface area contributed by atoms with Crippen molar-refractivity contribution in [3.05, 3.63) is 26.6 Å². The van der Waals surface area contributed by atoms with Crippen LogP contribution >= 0.6 is 11.3 Å². The van der Waals surface area contributed by atoms with Crippen LogP contribution in [0.2, 0.25) is 0 Å². The van der Waals surface area contributed by atoms with Crippen LogP contribution in [0.25, 0.3) is 10.2 Å². The number of nitrogens with zero attached hydrogens (tertiary/aromatic N) is 1. The first-order chi connectivity index (χ1) is 9.54. The zero-order valence-electron chi connectivity index (χ0n) is 11.7. The van der Waals surface area contributed by atoms with Gasteiger partial charge in [-0.25, -0.2) is 4.98 Å². The van der Waals surface area contributed by atoms with E-state index in [4.69, 9.17) is 0 Å². The maximum atomic E-state index is 12.1. The van der Waals surface area contributed by atoms with Crippen LogP contribution in [0.15, 0.2) is 4.79 Å². The van der Waals surface area contributed by atoms with Gasteiger partial charge >= 0.3 is 0 Å². The molecular formula is C14H19N3O2S. The second-order valence-corrected chi connectivity index (χ2v) is 6.94. The van der Waals surface area contributed by atoms with Crippen molar-refractivity contribution in [3.8, 4) is 0 Å². The first-order valence-corrected chi connectivity index (χ1v) is 7.67. The first-order valence-electron chi connectivity index (χ1n) is 6.85. The SMILES string of the molecule is Cc1sc2nc(CNCC3(CO)CC3)[nH]c(=O)c2c1C. The van der Waals surface area contributed by atoms with Crippen molar-refractivity contribution in [2.24, 2.45) is 5.41 Å². The number of thiophene rings is 1. The molecule has 20 heavy (non-hydrogen) atoms. The van der Waals surface area contributed by atoms with Crippen LogP contribution in [-0.4, -0.2) is 28.2 Å². The minimum Gasteiger partial charge on any atom is -0.396 e. The fourth-order valence-corrected chi connectivity index (χ4v) is 3.45. The summed E-state index contributed by atoms with van der Waals surface area (Å²) in [5.41, 5.74) is 1.04. The van der Waals surface area contributed by atoms with E-state index in [1.165, 1.54) is 0 Å². The van der Waals surface area contributed by atoms with Gasteiger partial charge in [-0.15, -0.1) is 11.3 Å². The molecule has 1 fully saturated rings. The second kappa shape index (κ2) is 4.95. The largest absolute Gasteiger partial charge is 0.396 e. The third-order valence-electron chi connectivity index (χ3n) is 4.17. The van der Waals surface area contributed by atoms with Crippen molar-refractivity contribution < 1.29 is 5.11 Å². The van der Waals surface area contributed by atoms with Gasteiger partial charge in [-0.1, -0.05) is 0 Å². The number of fused-ring (bicyclic) bond motifs is 1. The number of aromatic nitrogens is 2. The van der Waals surface area contributed by atoms with Crippen molar-refractivity contribution in [1.29, 1.82) is 0 Å². The van der Waals surface area contributed by atoms with Gasteiger partial charge in [0.1, 0.15) is 10.7 Å². The fourth-order valence-electron chi connectivity index (χ4n) is 2.40. The maximum absolute atomic E-state index is 12.1. The Morgan fingerprint density at radius 2 is 2.20 bits per heavy atom. The van der Waals surface area contributed by atoms with Crippen molar-refractivity contribution in [2.45, 2.75) is 33.2 Å². The van der Waals surface area contributed by atoms with Gasteiger partial charge in [-0.05, 0) is 32.3 Å². The summed E-state index contributed by atoms with van der Waals surface area (Å²) < 4.78 is 0. The fraction of sp³-hybridized carbons (Fsp3) is 0.571. The van der Waals surface area contributed by atoms with Gasteiger partial charge in [0.25, 0.3) is 5.56 Å². The number of aliphatic hydroxyl groups is 1. The van der Waals surface area contributed by atoms with Gasteiger partial charge in [0, 0.05) is 23.4 Å². The lowest BCUT2D eigenvalue weighted by molar-refractivity contribution is 0.207. The summed E-state index contributed by atoms with van der Waals surface area (Å²) in [4.78, 5) is 21.4. The molecular weight excluding hydrogens is 274 g/mol. The van der Waals surface area contributed by atoms with Gasteiger partial charge in [-0.2, -0.15) is 0 Å². The Morgan fingerprint density at radius 1 is 1.45 bits per heavy atom. The smallest absolute Gasteiger partial charge is 0.259 e. The summed E-state index contributed by atoms with van der Waals surface area (Å²) >= 11 is 1.56. The van der Waals surface area contributed by atoms with E-state index >= 15 is 0 Å². The minimum atomic E-state index is -0.0584. The van der Waals surface area contributed by atoms with Crippen LogP contribution in [0.3, 0.4) is 0 Å². The van der Waals surface area contributed by atoms with Crippen molar-refractivity contribution in [2.75, 3.05) is 13.2 Å². The zero-order chi connectivity index (χ0) is 14.3. The molecule has 0 atom stereocenters. The number of nitrogens with one attached hydrogen (secondary N) is 2. The highest BCUT2D eigenvalue weighted by Gasteiger charge is 2.41. The summed E-state index contributed by atoms with van der Waals surface area (Å²) in [6.45, 7) is 5.50. The molecule has 1 saturated carbocycles. The molecule has 0 spiro atoms. The van der Waals surface area contributed by atoms with E-state index in [-0.39, 0.29) is 17.6 Å². The number of aromatic amines is 1. The molecule has 0 aliphatic heterocycles. The molecule has 5 nitrogen and oxygen atoms in total. The molecule has 0 saturated heterocycles. The highest BCUT2D eigenvalue weighted by molar-refractivity contribution is 7.18. The Labute approximate surface area is 121 Å². The molecule has 0 unspecified atom stereocenters. The van der Waals surface area contributed by atoms with Crippen LogP contribution in [0.4, 0.5) is 0 Å². The Balaban J connectivity index is 1.77. The van der Waals surface area contributed by atoms with Crippen LogP contribution in [-0.2, 0) is 6.54 Å². The third-order valence-corrected chi connectivity index (χ3v) is 5.27. The predicted molar refractivity (Wildman–Crippen MR) is 80.2 cm³/mol. The van der Waals surface area contributed by atoms with Crippen molar-refractivity contribution in [1.82, 2.24) is 15.3 Å². The number of aliphatic hydroxyl groups excluding tert-OH is 1. The van der Waals surface area contributed by atoms with Crippen LogP contribution in [0.5, 0.6) is 0 Å². The van der Waals surface area contributed by atoms with Crippen LogP contribution in [0.1, 0.15) is 29.1 Å².